The highest BCUT2D eigenvalue weighted by atomic mass is 35.5. The highest BCUT2D eigenvalue weighted by Crippen LogP contribution is 2.50. The smallest absolute Gasteiger partial charge is 0.226 e. The monoisotopic (exact) mass is 428 g/mol. The van der Waals surface area contributed by atoms with Gasteiger partial charge in [-0.25, -0.2) is 4.39 Å². The first-order valence-corrected chi connectivity index (χ1v) is 10.9. The lowest BCUT2D eigenvalue weighted by molar-refractivity contribution is -0.136. The number of halogens is 2. The first-order valence-electron chi connectivity index (χ1n) is 10.5. The molecule has 2 aromatic rings. The molecule has 4 rings (SSSR count). The summed E-state index contributed by atoms with van der Waals surface area (Å²) in [5.41, 5.74) is 2.40. The van der Waals surface area contributed by atoms with Gasteiger partial charge in [0.15, 0.2) is 0 Å². The molecule has 0 spiro atoms. The van der Waals surface area contributed by atoms with Crippen molar-refractivity contribution in [2.45, 2.75) is 38.6 Å². The summed E-state index contributed by atoms with van der Waals surface area (Å²) in [6.45, 7) is 3.23. The molecule has 1 saturated carbocycles. The minimum atomic E-state index is -0.260. The van der Waals surface area contributed by atoms with Gasteiger partial charge < -0.3 is 10.2 Å². The Kier molecular flexibility index (Phi) is 6.09. The zero-order valence-corrected chi connectivity index (χ0v) is 17.8. The van der Waals surface area contributed by atoms with Crippen molar-refractivity contribution in [2.75, 3.05) is 13.1 Å². The Hall–Kier alpha value is -2.40. The lowest BCUT2D eigenvalue weighted by atomic mass is 9.95. The van der Waals surface area contributed by atoms with E-state index in [9.17, 15) is 14.0 Å². The number of carbonyl (C=O) groups excluding carboxylic acids is 2. The summed E-state index contributed by atoms with van der Waals surface area (Å²) in [6.07, 6.45) is 2.16. The normalized spacial score (nSPS) is 21.4. The molecule has 0 radical (unpaired) electrons. The highest BCUT2D eigenvalue weighted by Gasteiger charge is 2.47. The summed E-state index contributed by atoms with van der Waals surface area (Å²) < 4.78 is 13.6. The number of nitrogens with zero attached hydrogens (tertiary/aromatic N) is 1. The van der Waals surface area contributed by atoms with Gasteiger partial charge in [0.25, 0.3) is 0 Å². The highest BCUT2D eigenvalue weighted by molar-refractivity contribution is 6.31. The summed E-state index contributed by atoms with van der Waals surface area (Å²) in [7, 11) is 0. The number of rotatable bonds is 5. The molecule has 158 valence electrons. The Morgan fingerprint density at radius 1 is 1.17 bits per heavy atom. The van der Waals surface area contributed by atoms with Crippen LogP contribution < -0.4 is 5.32 Å². The van der Waals surface area contributed by atoms with Gasteiger partial charge >= 0.3 is 0 Å². The zero-order valence-electron chi connectivity index (χ0n) is 17.0. The summed E-state index contributed by atoms with van der Waals surface area (Å²) in [5.74, 6) is -0.00199. The molecule has 4 nitrogen and oxygen atoms in total. The molecule has 6 heteroatoms. The molecule has 2 atom stereocenters. The Labute approximate surface area is 181 Å². The summed E-state index contributed by atoms with van der Waals surface area (Å²) in [6, 6.07) is 12.7. The molecule has 1 N–H and O–H groups in total. The third-order valence-electron chi connectivity index (χ3n) is 6.29. The Balaban J connectivity index is 1.24. The van der Waals surface area contributed by atoms with Crippen molar-refractivity contribution in [1.29, 1.82) is 0 Å². The maximum absolute atomic E-state index is 13.6. The Bertz CT molecular complexity index is 956. The second-order valence-electron chi connectivity index (χ2n) is 8.37. The third-order valence-corrected chi connectivity index (χ3v) is 6.64. The lowest BCUT2D eigenvalue weighted by Gasteiger charge is -2.31. The predicted octanol–water partition coefficient (Wildman–Crippen LogP) is 4.45. The Morgan fingerprint density at radius 2 is 1.90 bits per heavy atom. The second-order valence-corrected chi connectivity index (χ2v) is 8.78. The van der Waals surface area contributed by atoms with E-state index in [0.717, 1.165) is 22.6 Å². The molecule has 2 aliphatic rings. The van der Waals surface area contributed by atoms with Crippen molar-refractivity contribution < 1.29 is 14.0 Å². The number of likely N-dealkylation sites (tertiary alicyclic amines) is 1. The molecule has 2 unspecified atom stereocenters. The van der Waals surface area contributed by atoms with Crippen molar-refractivity contribution in [1.82, 2.24) is 10.2 Å². The number of carbonyl (C=O) groups is 2. The average molecular weight is 429 g/mol. The van der Waals surface area contributed by atoms with Crippen LogP contribution in [-0.4, -0.2) is 29.8 Å². The largest absolute Gasteiger partial charge is 0.352 e. The van der Waals surface area contributed by atoms with Crippen LogP contribution in [0.5, 0.6) is 0 Å². The minimum absolute atomic E-state index is 0.00621. The first kappa shape index (κ1) is 20.9. The third kappa shape index (κ3) is 4.51. The zero-order chi connectivity index (χ0) is 21.3. The maximum atomic E-state index is 13.6. The fraction of sp³-hybridized carbons (Fsp3) is 0.417. The van der Waals surface area contributed by atoms with Crippen LogP contribution in [0.25, 0.3) is 0 Å². The van der Waals surface area contributed by atoms with Crippen molar-refractivity contribution in [3.8, 4) is 0 Å². The fourth-order valence-corrected chi connectivity index (χ4v) is 4.54. The van der Waals surface area contributed by atoms with E-state index >= 15 is 0 Å². The summed E-state index contributed by atoms with van der Waals surface area (Å²) in [5, 5.41) is 3.63. The van der Waals surface area contributed by atoms with Crippen LogP contribution in [0, 0.1) is 24.6 Å². The number of nitrogens with one attached hydrogen (secondary N) is 1. The van der Waals surface area contributed by atoms with E-state index in [2.05, 4.69) is 5.32 Å². The van der Waals surface area contributed by atoms with Crippen LogP contribution in [0.3, 0.4) is 0 Å². The molecule has 0 bridgehead atoms. The van der Waals surface area contributed by atoms with Gasteiger partial charge in [-0.3, -0.25) is 9.59 Å². The molecular formula is C24H26ClFN2O2. The van der Waals surface area contributed by atoms with Crippen LogP contribution in [0.4, 0.5) is 4.39 Å². The van der Waals surface area contributed by atoms with E-state index in [0.29, 0.717) is 38.0 Å². The van der Waals surface area contributed by atoms with Gasteiger partial charge in [0, 0.05) is 36.5 Å². The Morgan fingerprint density at radius 3 is 2.60 bits per heavy atom. The average Bonchev–Trinajstić information content (AvgIpc) is 3.55. The van der Waals surface area contributed by atoms with Gasteiger partial charge in [0.2, 0.25) is 11.8 Å². The van der Waals surface area contributed by atoms with Gasteiger partial charge in [-0.05, 0) is 60.9 Å². The maximum Gasteiger partial charge on any atom is 0.226 e. The molecule has 1 aliphatic carbocycles. The molecule has 0 aromatic heterocycles. The quantitative estimate of drug-likeness (QED) is 0.765. The van der Waals surface area contributed by atoms with Gasteiger partial charge in [-0.1, -0.05) is 41.9 Å². The standard InChI is InChI=1S/C24H26ClFN2O2/c1-15-6-7-16(12-22(15)26)14-27-23(29)17-8-10-28(11-9-17)24(30)20-13-19(20)18-4-2-3-5-21(18)25/h2-7,12,17,19-20H,8-11,13-14H2,1H3,(H,27,29). The van der Waals surface area contributed by atoms with E-state index in [4.69, 9.17) is 11.6 Å². The molecule has 2 fully saturated rings. The van der Waals surface area contributed by atoms with Crippen molar-refractivity contribution in [3.05, 3.63) is 70.0 Å². The fourth-order valence-electron chi connectivity index (χ4n) is 4.26. The van der Waals surface area contributed by atoms with Crippen LogP contribution in [-0.2, 0) is 16.1 Å². The van der Waals surface area contributed by atoms with Crippen molar-refractivity contribution >= 4 is 23.4 Å². The molecule has 1 heterocycles. The first-order chi connectivity index (χ1) is 14.4. The molecular weight excluding hydrogens is 403 g/mol. The van der Waals surface area contributed by atoms with Crippen LogP contribution in [0.2, 0.25) is 5.02 Å². The van der Waals surface area contributed by atoms with Gasteiger partial charge in [0.05, 0.1) is 0 Å². The van der Waals surface area contributed by atoms with E-state index in [1.54, 1.807) is 13.0 Å². The van der Waals surface area contributed by atoms with Gasteiger partial charge in [-0.2, -0.15) is 0 Å². The number of piperidine rings is 1. The van der Waals surface area contributed by atoms with Crippen LogP contribution >= 0.6 is 11.6 Å². The summed E-state index contributed by atoms with van der Waals surface area (Å²) >= 11 is 6.27. The second kappa shape index (κ2) is 8.76. The molecule has 1 saturated heterocycles. The van der Waals surface area contributed by atoms with E-state index in [1.165, 1.54) is 6.07 Å². The minimum Gasteiger partial charge on any atom is -0.352 e. The van der Waals surface area contributed by atoms with Crippen LogP contribution in [0.15, 0.2) is 42.5 Å². The number of amides is 2. The van der Waals surface area contributed by atoms with E-state index in [1.807, 2.05) is 35.2 Å². The van der Waals surface area contributed by atoms with Crippen molar-refractivity contribution in [3.63, 3.8) is 0 Å². The number of aryl methyl sites for hydroxylation is 1. The van der Waals surface area contributed by atoms with E-state index in [-0.39, 0.29) is 35.4 Å². The molecule has 2 aromatic carbocycles. The summed E-state index contributed by atoms with van der Waals surface area (Å²) in [4.78, 5) is 27.2. The lowest BCUT2D eigenvalue weighted by Crippen LogP contribution is -2.43. The molecule has 2 amide bonds. The van der Waals surface area contributed by atoms with E-state index < -0.39 is 0 Å². The number of hydrogen-bond acceptors (Lipinski definition) is 2. The topological polar surface area (TPSA) is 49.4 Å². The number of hydrogen-bond donors (Lipinski definition) is 1. The van der Waals surface area contributed by atoms with Gasteiger partial charge in [-0.15, -0.1) is 0 Å². The molecule has 30 heavy (non-hydrogen) atoms. The van der Waals surface area contributed by atoms with Crippen LogP contribution in [0.1, 0.15) is 41.9 Å². The van der Waals surface area contributed by atoms with Gasteiger partial charge in [0.1, 0.15) is 5.82 Å². The molecule has 1 aliphatic heterocycles. The predicted molar refractivity (Wildman–Crippen MR) is 115 cm³/mol. The SMILES string of the molecule is Cc1ccc(CNC(=O)C2CCN(C(=O)C3CC3c3ccccc3Cl)CC2)cc1F. The van der Waals surface area contributed by atoms with Crippen molar-refractivity contribution in [2.24, 2.45) is 11.8 Å². The number of benzene rings is 2.